The summed E-state index contributed by atoms with van der Waals surface area (Å²) in [6.45, 7) is 21.0. The van der Waals surface area contributed by atoms with Crippen molar-refractivity contribution >= 4 is 9.12 Å². The molecule has 0 rings (SSSR count). The Kier molecular flexibility index (Phi) is 6.83. The Morgan fingerprint density at radius 2 is 0.750 bits per heavy atom. The average molecular weight is 244 g/mol. The van der Waals surface area contributed by atoms with Crippen LogP contribution in [0.15, 0.2) is 0 Å². The molecule has 0 amide bonds. The van der Waals surface area contributed by atoms with Crippen LogP contribution in [0.1, 0.15) is 55.4 Å². The molecule has 0 heterocycles. The van der Waals surface area contributed by atoms with Crippen molar-refractivity contribution in [1.82, 2.24) is 9.13 Å². The molecule has 98 valence electrons. The number of rotatable bonds is 6. The second-order valence-corrected chi connectivity index (χ2v) is 8.36. The molecule has 0 bridgehead atoms. The third kappa shape index (κ3) is 4.19. The molecule has 0 saturated carbocycles. The maximum absolute atomic E-state index is 2.72. The van der Waals surface area contributed by atoms with Crippen LogP contribution in [0.4, 0.5) is 0 Å². The van der Waals surface area contributed by atoms with E-state index in [1.807, 2.05) is 0 Å². The normalized spacial score (nSPS) is 13.5. The van der Waals surface area contributed by atoms with Gasteiger partial charge >= 0.3 is 0 Å². The molecular weight excluding hydrogens is 212 g/mol. The Balaban J connectivity index is 4.88. The smallest absolute Gasteiger partial charge is 0.187 e. The van der Waals surface area contributed by atoms with E-state index in [0.29, 0.717) is 24.2 Å². The lowest BCUT2D eigenvalue weighted by atomic mass is 10.3. The fourth-order valence-electron chi connectivity index (χ4n) is 3.07. The summed E-state index contributed by atoms with van der Waals surface area (Å²) in [6.07, 6.45) is 0. The maximum Gasteiger partial charge on any atom is 0.187 e. The molecule has 0 N–H and O–H groups in total. The molecular formula is C13H32N2Si. The molecule has 16 heavy (non-hydrogen) atoms. The Morgan fingerprint density at radius 1 is 0.562 bits per heavy atom. The highest BCUT2D eigenvalue weighted by Crippen LogP contribution is 2.16. The summed E-state index contributed by atoms with van der Waals surface area (Å²) in [5.41, 5.74) is 0. The van der Waals surface area contributed by atoms with E-state index in [-0.39, 0.29) is 0 Å². The monoisotopic (exact) mass is 244 g/mol. The third-order valence-electron chi connectivity index (χ3n) is 3.25. The second kappa shape index (κ2) is 6.77. The van der Waals surface area contributed by atoms with Gasteiger partial charge in [0.2, 0.25) is 0 Å². The van der Waals surface area contributed by atoms with E-state index in [1.54, 1.807) is 0 Å². The minimum absolute atomic E-state index is 0.654. The van der Waals surface area contributed by atoms with Gasteiger partial charge in [-0.15, -0.1) is 0 Å². The highest BCUT2D eigenvalue weighted by molar-refractivity contribution is 6.51. The lowest BCUT2D eigenvalue weighted by Gasteiger charge is -2.45. The van der Waals surface area contributed by atoms with Crippen LogP contribution in [0.3, 0.4) is 0 Å². The van der Waals surface area contributed by atoms with Crippen LogP contribution in [0, 0.1) is 0 Å². The highest BCUT2D eigenvalue weighted by atomic mass is 28.3. The predicted molar refractivity (Wildman–Crippen MR) is 77.2 cm³/mol. The van der Waals surface area contributed by atoms with Crippen molar-refractivity contribution < 1.29 is 0 Å². The summed E-state index contributed by atoms with van der Waals surface area (Å²) < 4.78 is 5.44. The van der Waals surface area contributed by atoms with Gasteiger partial charge in [-0.3, -0.25) is 0 Å². The Bertz CT molecular complexity index is 154. The first-order valence-electron chi connectivity index (χ1n) is 6.75. The molecule has 0 spiro atoms. The van der Waals surface area contributed by atoms with Crippen LogP contribution in [0.25, 0.3) is 0 Å². The van der Waals surface area contributed by atoms with Gasteiger partial charge in [0.15, 0.2) is 9.12 Å². The summed E-state index contributed by atoms with van der Waals surface area (Å²) in [5.74, 6) is 0. The van der Waals surface area contributed by atoms with Crippen LogP contribution >= 0.6 is 0 Å². The summed E-state index contributed by atoms with van der Waals surface area (Å²) in [4.78, 5) is 0. The van der Waals surface area contributed by atoms with Crippen LogP contribution < -0.4 is 0 Å². The maximum atomic E-state index is 2.72. The van der Waals surface area contributed by atoms with E-state index >= 15 is 0 Å². The molecule has 0 aliphatic heterocycles. The standard InChI is InChI=1S/C13H32N2Si/c1-10(2)14(11(3)4)16(9)15(12(5)6)13(7)8/h10-13,16H,1-9H3. The molecule has 3 heteroatoms. The largest absolute Gasteiger partial charge is 0.310 e. The summed E-state index contributed by atoms with van der Waals surface area (Å²) in [5, 5.41) is 0. The minimum Gasteiger partial charge on any atom is -0.310 e. The van der Waals surface area contributed by atoms with Crippen molar-refractivity contribution in [1.29, 1.82) is 0 Å². The molecule has 0 fully saturated rings. The third-order valence-corrected chi connectivity index (χ3v) is 7.36. The zero-order valence-electron chi connectivity index (χ0n) is 12.8. The molecule has 0 radical (unpaired) electrons. The average Bonchev–Trinajstić information content (AvgIpc) is 1.99. The zero-order valence-corrected chi connectivity index (χ0v) is 13.9. The Morgan fingerprint density at radius 3 is 0.875 bits per heavy atom. The van der Waals surface area contributed by atoms with Gasteiger partial charge in [0.1, 0.15) is 0 Å². The number of hydrogen-bond acceptors (Lipinski definition) is 2. The van der Waals surface area contributed by atoms with Crippen LogP contribution in [-0.4, -0.2) is 42.4 Å². The lowest BCUT2D eigenvalue weighted by Crippen LogP contribution is -2.60. The molecule has 0 unspecified atom stereocenters. The highest BCUT2D eigenvalue weighted by Gasteiger charge is 2.29. The first-order valence-corrected chi connectivity index (χ1v) is 8.93. The van der Waals surface area contributed by atoms with Crippen LogP contribution in [0.5, 0.6) is 0 Å². The van der Waals surface area contributed by atoms with E-state index in [9.17, 15) is 0 Å². The number of hydrogen-bond donors (Lipinski definition) is 0. The molecule has 0 saturated heterocycles. The molecule has 0 aliphatic rings. The SMILES string of the molecule is CC(C)N(C(C)C)[SiH](C)N(C(C)C)C(C)C. The molecule has 0 aliphatic carbocycles. The van der Waals surface area contributed by atoms with Gasteiger partial charge in [-0.05, 0) is 30.7 Å². The summed E-state index contributed by atoms with van der Waals surface area (Å²) >= 11 is 0. The van der Waals surface area contributed by atoms with Crippen molar-refractivity contribution in [3.8, 4) is 0 Å². The molecule has 0 aromatic carbocycles. The number of nitrogens with zero attached hydrogens (tertiary/aromatic N) is 2. The van der Waals surface area contributed by atoms with Crippen molar-refractivity contribution in [2.45, 2.75) is 86.1 Å². The Labute approximate surface area is 105 Å². The molecule has 0 aromatic rings. The van der Waals surface area contributed by atoms with Gasteiger partial charge in [-0.1, -0.05) is 55.4 Å². The van der Waals surface area contributed by atoms with Gasteiger partial charge in [0.25, 0.3) is 0 Å². The molecule has 0 aromatic heterocycles. The van der Waals surface area contributed by atoms with Gasteiger partial charge in [-0.2, -0.15) is 0 Å². The minimum atomic E-state index is -0.997. The quantitative estimate of drug-likeness (QED) is 0.663. The van der Waals surface area contributed by atoms with Crippen molar-refractivity contribution in [3.63, 3.8) is 0 Å². The van der Waals surface area contributed by atoms with Gasteiger partial charge in [0.05, 0.1) is 0 Å². The van der Waals surface area contributed by atoms with E-state index in [1.165, 1.54) is 0 Å². The van der Waals surface area contributed by atoms with Crippen LogP contribution in [-0.2, 0) is 0 Å². The summed E-state index contributed by atoms with van der Waals surface area (Å²) in [6, 6.07) is 2.62. The van der Waals surface area contributed by atoms with E-state index < -0.39 is 9.12 Å². The fourth-order valence-corrected chi connectivity index (χ4v) is 6.83. The predicted octanol–water partition coefficient (Wildman–Crippen LogP) is 3.07. The van der Waals surface area contributed by atoms with Crippen LogP contribution in [0.2, 0.25) is 6.55 Å². The van der Waals surface area contributed by atoms with Gasteiger partial charge in [-0.25, -0.2) is 0 Å². The van der Waals surface area contributed by atoms with E-state index in [0.717, 1.165) is 0 Å². The first kappa shape index (κ1) is 16.1. The van der Waals surface area contributed by atoms with Gasteiger partial charge in [0, 0.05) is 0 Å². The summed E-state index contributed by atoms with van der Waals surface area (Å²) in [7, 11) is -0.997. The topological polar surface area (TPSA) is 6.48 Å². The molecule has 0 atom stereocenters. The fraction of sp³-hybridized carbons (Fsp3) is 1.00. The molecule has 2 nitrogen and oxygen atoms in total. The first-order chi connectivity index (χ1) is 7.20. The van der Waals surface area contributed by atoms with Crippen molar-refractivity contribution in [2.24, 2.45) is 0 Å². The Hall–Kier alpha value is 0.137. The second-order valence-electron chi connectivity index (χ2n) is 5.90. The zero-order chi connectivity index (χ0) is 13.0. The van der Waals surface area contributed by atoms with Crippen molar-refractivity contribution in [2.75, 3.05) is 0 Å². The van der Waals surface area contributed by atoms with Crippen molar-refractivity contribution in [3.05, 3.63) is 0 Å². The van der Waals surface area contributed by atoms with Gasteiger partial charge < -0.3 is 9.13 Å². The van der Waals surface area contributed by atoms with E-state index in [4.69, 9.17) is 0 Å². The van der Waals surface area contributed by atoms with E-state index in [2.05, 4.69) is 71.1 Å². The lowest BCUT2D eigenvalue weighted by molar-refractivity contribution is 0.224.